The zero-order chi connectivity index (χ0) is 13.9. The van der Waals surface area contributed by atoms with E-state index in [1.54, 1.807) is 12.3 Å². The Kier molecular flexibility index (Phi) is 4.40. The monoisotopic (exact) mass is 266 g/mol. The van der Waals surface area contributed by atoms with E-state index in [0.29, 0.717) is 24.8 Å². The van der Waals surface area contributed by atoms with E-state index in [0.717, 1.165) is 6.42 Å². The summed E-state index contributed by atoms with van der Waals surface area (Å²) in [6, 6.07) is 2.28. The molecule has 0 bridgehead atoms. The van der Waals surface area contributed by atoms with Crippen molar-refractivity contribution >= 4 is 0 Å². The lowest BCUT2D eigenvalue weighted by atomic mass is 9.93. The molecule has 0 unspecified atom stereocenters. The van der Waals surface area contributed by atoms with Gasteiger partial charge in [0.1, 0.15) is 0 Å². The molecule has 0 radical (unpaired) electrons. The maximum Gasteiger partial charge on any atom is 0.250 e. The number of hydrogen-bond donors (Lipinski definition) is 1. The standard InChI is InChI=1S/C15H23FN2O/c1-15(2,3)7-9-19-14-13(16)11(6-8-17-14)10-18-12-4-5-12/h6,8,12,18H,4-5,7,9-10H2,1-3H3. The molecule has 1 N–H and O–H groups in total. The average molecular weight is 266 g/mol. The molecule has 3 nitrogen and oxygen atoms in total. The number of ether oxygens (including phenoxy) is 1. The first-order valence-electron chi connectivity index (χ1n) is 6.95. The van der Waals surface area contributed by atoms with Crippen LogP contribution >= 0.6 is 0 Å². The Morgan fingerprint density at radius 3 is 2.79 bits per heavy atom. The van der Waals surface area contributed by atoms with Crippen molar-refractivity contribution in [2.24, 2.45) is 5.41 Å². The predicted octanol–water partition coefficient (Wildman–Crippen LogP) is 3.29. The second-order valence-corrected chi connectivity index (χ2v) is 6.40. The molecule has 1 aliphatic rings. The molecule has 0 aliphatic heterocycles. The Hall–Kier alpha value is -1.16. The Bertz CT molecular complexity index is 425. The van der Waals surface area contributed by atoms with Gasteiger partial charge < -0.3 is 10.1 Å². The second kappa shape index (κ2) is 5.87. The zero-order valence-electron chi connectivity index (χ0n) is 12.0. The Balaban J connectivity index is 1.90. The van der Waals surface area contributed by atoms with Crippen LogP contribution in [-0.2, 0) is 6.54 Å². The van der Waals surface area contributed by atoms with Crippen LogP contribution in [-0.4, -0.2) is 17.6 Å². The molecule has 1 fully saturated rings. The van der Waals surface area contributed by atoms with Crippen LogP contribution in [0.25, 0.3) is 0 Å². The van der Waals surface area contributed by atoms with Crippen molar-refractivity contribution < 1.29 is 9.13 Å². The fraction of sp³-hybridized carbons (Fsp3) is 0.667. The Morgan fingerprint density at radius 2 is 2.16 bits per heavy atom. The number of pyridine rings is 1. The van der Waals surface area contributed by atoms with Gasteiger partial charge in [-0.2, -0.15) is 0 Å². The van der Waals surface area contributed by atoms with Gasteiger partial charge in [-0.1, -0.05) is 20.8 Å². The Morgan fingerprint density at radius 1 is 1.42 bits per heavy atom. The summed E-state index contributed by atoms with van der Waals surface area (Å²) >= 11 is 0. The van der Waals surface area contributed by atoms with Crippen molar-refractivity contribution in [2.75, 3.05) is 6.61 Å². The molecule has 0 aromatic carbocycles. The SMILES string of the molecule is CC(C)(C)CCOc1nccc(CNC2CC2)c1F. The third kappa shape index (κ3) is 4.78. The molecule has 1 heterocycles. The number of rotatable bonds is 6. The van der Waals surface area contributed by atoms with Crippen LogP contribution in [0, 0.1) is 11.2 Å². The maximum absolute atomic E-state index is 14.1. The van der Waals surface area contributed by atoms with Crippen LogP contribution in [0.2, 0.25) is 0 Å². The molecule has 1 aromatic heterocycles. The van der Waals surface area contributed by atoms with Gasteiger partial charge in [0.25, 0.3) is 5.88 Å². The summed E-state index contributed by atoms with van der Waals surface area (Å²) in [5.74, 6) is -0.205. The van der Waals surface area contributed by atoms with Gasteiger partial charge in [-0.3, -0.25) is 0 Å². The first-order chi connectivity index (χ1) is 8.96. The fourth-order valence-corrected chi connectivity index (χ4v) is 1.69. The van der Waals surface area contributed by atoms with E-state index < -0.39 is 0 Å². The summed E-state index contributed by atoms with van der Waals surface area (Å²) in [7, 11) is 0. The topological polar surface area (TPSA) is 34.1 Å². The molecule has 106 valence electrons. The normalized spacial score (nSPS) is 15.6. The van der Waals surface area contributed by atoms with Crippen molar-refractivity contribution in [1.82, 2.24) is 10.3 Å². The largest absolute Gasteiger partial charge is 0.476 e. The minimum Gasteiger partial charge on any atom is -0.476 e. The van der Waals surface area contributed by atoms with Crippen molar-refractivity contribution in [3.63, 3.8) is 0 Å². The van der Waals surface area contributed by atoms with E-state index in [9.17, 15) is 4.39 Å². The first kappa shape index (κ1) is 14.3. The third-order valence-corrected chi connectivity index (χ3v) is 3.19. The predicted molar refractivity (Wildman–Crippen MR) is 73.6 cm³/mol. The van der Waals surface area contributed by atoms with E-state index in [2.05, 4.69) is 31.1 Å². The van der Waals surface area contributed by atoms with Gasteiger partial charge in [0.2, 0.25) is 0 Å². The molecule has 0 saturated heterocycles. The summed E-state index contributed by atoms with van der Waals surface area (Å²) in [5.41, 5.74) is 0.814. The first-order valence-corrected chi connectivity index (χ1v) is 6.95. The van der Waals surface area contributed by atoms with Gasteiger partial charge >= 0.3 is 0 Å². The molecule has 1 aliphatic carbocycles. The number of aromatic nitrogens is 1. The highest BCUT2D eigenvalue weighted by Crippen LogP contribution is 2.23. The lowest BCUT2D eigenvalue weighted by Crippen LogP contribution is -2.17. The highest BCUT2D eigenvalue weighted by atomic mass is 19.1. The van der Waals surface area contributed by atoms with Crippen molar-refractivity contribution in [3.05, 3.63) is 23.6 Å². The van der Waals surface area contributed by atoms with Crippen LogP contribution in [0.3, 0.4) is 0 Å². The van der Waals surface area contributed by atoms with Crippen LogP contribution < -0.4 is 10.1 Å². The summed E-state index contributed by atoms with van der Waals surface area (Å²) in [6.45, 7) is 7.45. The van der Waals surface area contributed by atoms with E-state index in [-0.39, 0.29) is 17.1 Å². The summed E-state index contributed by atoms with van der Waals surface area (Å²) in [6.07, 6.45) is 4.88. The molecular weight excluding hydrogens is 243 g/mol. The van der Waals surface area contributed by atoms with E-state index in [1.807, 2.05) is 0 Å². The minimum atomic E-state index is -0.329. The van der Waals surface area contributed by atoms with Crippen molar-refractivity contribution in [3.8, 4) is 5.88 Å². The molecule has 0 spiro atoms. The van der Waals surface area contributed by atoms with Gasteiger partial charge in [-0.25, -0.2) is 9.37 Å². The lowest BCUT2D eigenvalue weighted by Gasteiger charge is -2.18. The van der Waals surface area contributed by atoms with Crippen LogP contribution in [0.1, 0.15) is 45.6 Å². The maximum atomic E-state index is 14.1. The van der Waals surface area contributed by atoms with Gasteiger partial charge in [0.15, 0.2) is 5.82 Å². The van der Waals surface area contributed by atoms with Crippen molar-refractivity contribution in [1.29, 1.82) is 0 Å². The summed E-state index contributed by atoms with van der Waals surface area (Å²) < 4.78 is 19.6. The van der Waals surface area contributed by atoms with Gasteiger partial charge in [-0.15, -0.1) is 0 Å². The molecule has 0 atom stereocenters. The molecule has 19 heavy (non-hydrogen) atoms. The quantitative estimate of drug-likeness (QED) is 0.858. The Labute approximate surface area is 114 Å². The number of nitrogens with one attached hydrogen (secondary N) is 1. The van der Waals surface area contributed by atoms with Crippen molar-refractivity contribution in [2.45, 2.75) is 52.6 Å². The van der Waals surface area contributed by atoms with E-state index in [4.69, 9.17) is 4.74 Å². The van der Waals surface area contributed by atoms with Gasteiger partial charge in [-0.05, 0) is 30.7 Å². The van der Waals surface area contributed by atoms with E-state index in [1.165, 1.54) is 12.8 Å². The van der Waals surface area contributed by atoms with Crippen LogP contribution in [0.4, 0.5) is 4.39 Å². The molecule has 2 rings (SSSR count). The average Bonchev–Trinajstić information content (AvgIpc) is 3.12. The number of hydrogen-bond acceptors (Lipinski definition) is 3. The smallest absolute Gasteiger partial charge is 0.250 e. The fourth-order valence-electron chi connectivity index (χ4n) is 1.69. The highest BCUT2D eigenvalue weighted by molar-refractivity contribution is 5.23. The van der Waals surface area contributed by atoms with Crippen LogP contribution in [0.5, 0.6) is 5.88 Å². The number of nitrogens with zero attached hydrogens (tertiary/aromatic N) is 1. The lowest BCUT2D eigenvalue weighted by molar-refractivity contribution is 0.227. The molecular formula is C15H23FN2O. The highest BCUT2D eigenvalue weighted by Gasteiger charge is 2.21. The third-order valence-electron chi connectivity index (χ3n) is 3.19. The van der Waals surface area contributed by atoms with Gasteiger partial charge in [0, 0.05) is 24.3 Å². The molecule has 0 amide bonds. The summed E-state index contributed by atoms with van der Waals surface area (Å²) in [4.78, 5) is 3.98. The molecule has 1 aromatic rings. The second-order valence-electron chi connectivity index (χ2n) is 6.40. The molecule has 4 heteroatoms. The minimum absolute atomic E-state index is 0.124. The van der Waals surface area contributed by atoms with Gasteiger partial charge in [0.05, 0.1) is 6.61 Å². The van der Waals surface area contributed by atoms with E-state index >= 15 is 0 Å². The zero-order valence-corrected chi connectivity index (χ0v) is 12.0. The molecule has 1 saturated carbocycles. The number of halogens is 1. The van der Waals surface area contributed by atoms with Crippen LogP contribution in [0.15, 0.2) is 12.3 Å². The summed E-state index contributed by atoms with van der Waals surface area (Å²) in [5, 5.41) is 3.30.